The molecule has 0 radical (unpaired) electrons. The van der Waals surface area contributed by atoms with Gasteiger partial charge in [-0.15, -0.1) is 0 Å². The van der Waals surface area contributed by atoms with Crippen LogP contribution in [0.2, 0.25) is 0 Å². The molecule has 0 fully saturated rings. The predicted molar refractivity (Wildman–Crippen MR) is 94.7 cm³/mol. The molecule has 1 aliphatic heterocycles. The van der Waals surface area contributed by atoms with Crippen LogP contribution in [0.4, 0.5) is 5.69 Å². The van der Waals surface area contributed by atoms with E-state index in [1.54, 1.807) is 13.8 Å². The molecular formula is C17H20N4O6. The lowest BCUT2D eigenvalue weighted by Crippen LogP contribution is -2.39. The Labute approximate surface area is 154 Å². The molecule has 27 heavy (non-hydrogen) atoms. The summed E-state index contributed by atoms with van der Waals surface area (Å²) < 4.78 is 10.1. The third-order valence-electron chi connectivity index (χ3n) is 3.83. The number of nitrogens with two attached hydrogens (primary N) is 2. The summed E-state index contributed by atoms with van der Waals surface area (Å²) in [6.45, 7) is 3.38. The minimum Gasteiger partial charge on any atom is -0.463 e. The maximum Gasteiger partial charge on any atom is 0.338 e. The second-order valence-corrected chi connectivity index (χ2v) is 5.51. The van der Waals surface area contributed by atoms with Crippen molar-refractivity contribution in [2.45, 2.75) is 19.8 Å². The third kappa shape index (κ3) is 4.00. The van der Waals surface area contributed by atoms with Crippen LogP contribution in [0.1, 0.15) is 25.3 Å². The van der Waals surface area contributed by atoms with Gasteiger partial charge in [-0.25, -0.2) is 9.59 Å². The molecule has 0 amide bonds. The van der Waals surface area contributed by atoms with Crippen molar-refractivity contribution >= 4 is 17.6 Å². The number of dihydropyridines is 1. The largest absolute Gasteiger partial charge is 0.463 e. The fourth-order valence-corrected chi connectivity index (χ4v) is 2.76. The highest BCUT2D eigenvalue weighted by atomic mass is 16.6. The van der Waals surface area contributed by atoms with Crippen molar-refractivity contribution < 1.29 is 24.0 Å². The van der Waals surface area contributed by atoms with Crippen LogP contribution < -0.4 is 16.8 Å². The average molecular weight is 376 g/mol. The molecule has 1 heterocycles. The van der Waals surface area contributed by atoms with E-state index in [9.17, 15) is 19.7 Å². The lowest BCUT2D eigenvalue weighted by molar-refractivity contribution is -0.384. The quantitative estimate of drug-likeness (QED) is 0.370. The van der Waals surface area contributed by atoms with Crippen molar-refractivity contribution in [2.75, 3.05) is 13.2 Å². The van der Waals surface area contributed by atoms with Gasteiger partial charge in [-0.2, -0.15) is 0 Å². The lowest BCUT2D eigenvalue weighted by atomic mass is 9.82. The van der Waals surface area contributed by atoms with E-state index in [-0.39, 0.29) is 47.3 Å². The normalized spacial score (nSPS) is 14.6. The molecule has 2 rings (SSSR count). The predicted octanol–water partition coefficient (Wildman–Crippen LogP) is 0.748. The second kappa shape index (κ2) is 8.21. The van der Waals surface area contributed by atoms with Crippen LogP contribution in [0.5, 0.6) is 0 Å². The number of non-ortho nitro benzene ring substituents is 1. The summed E-state index contributed by atoms with van der Waals surface area (Å²) in [4.78, 5) is 35.5. The van der Waals surface area contributed by atoms with Crippen molar-refractivity contribution in [2.24, 2.45) is 11.5 Å². The van der Waals surface area contributed by atoms with Crippen LogP contribution in [0, 0.1) is 10.1 Å². The molecule has 0 atom stereocenters. The molecule has 1 aromatic carbocycles. The van der Waals surface area contributed by atoms with Gasteiger partial charge in [-0.3, -0.25) is 10.1 Å². The number of hydrogen-bond donors (Lipinski definition) is 3. The van der Waals surface area contributed by atoms with E-state index in [0.717, 1.165) is 0 Å². The summed E-state index contributed by atoms with van der Waals surface area (Å²) in [5, 5.41) is 13.7. The number of rotatable bonds is 6. The number of nitro benzene ring substituents is 1. The topological polar surface area (TPSA) is 160 Å². The standard InChI is InChI=1S/C17H20N4O6/c1-3-26-16(22)12-11(9-6-5-7-10(8-9)21(24)25)13(17(23)27-4-2)15(19)20-14(12)18/h5-8,11,20H,3-4,18-19H2,1-2H3. The molecule has 0 bridgehead atoms. The van der Waals surface area contributed by atoms with Gasteiger partial charge in [0.1, 0.15) is 11.6 Å². The van der Waals surface area contributed by atoms with E-state index in [4.69, 9.17) is 20.9 Å². The van der Waals surface area contributed by atoms with Gasteiger partial charge in [0.25, 0.3) is 5.69 Å². The van der Waals surface area contributed by atoms with Crippen LogP contribution in [0.15, 0.2) is 47.1 Å². The van der Waals surface area contributed by atoms with E-state index >= 15 is 0 Å². The molecule has 144 valence electrons. The SMILES string of the molecule is CCOC(=O)C1=C(N)NC(N)=C(C(=O)OCC)C1c1cccc([N+](=O)[O-])c1. The van der Waals surface area contributed by atoms with Crippen LogP contribution in [-0.4, -0.2) is 30.1 Å². The van der Waals surface area contributed by atoms with Gasteiger partial charge >= 0.3 is 11.9 Å². The van der Waals surface area contributed by atoms with Gasteiger partial charge < -0.3 is 26.3 Å². The molecule has 10 heteroatoms. The van der Waals surface area contributed by atoms with E-state index in [1.807, 2.05) is 0 Å². The fraction of sp³-hybridized carbons (Fsp3) is 0.294. The molecule has 0 unspecified atom stereocenters. The van der Waals surface area contributed by atoms with Gasteiger partial charge in [-0.1, -0.05) is 12.1 Å². The maximum atomic E-state index is 12.5. The molecule has 0 spiro atoms. The smallest absolute Gasteiger partial charge is 0.338 e. The van der Waals surface area contributed by atoms with E-state index in [0.29, 0.717) is 0 Å². The van der Waals surface area contributed by atoms with Gasteiger partial charge in [-0.05, 0) is 19.4 Å². The zero-order chi connectivity index (χ0) is 20.1. The number of benzene rings is 1. The highest BCUT2D eigenvalue weighted by molar-refractivity contribution is 5.99. The number of ether oxygens (including phenoxy) is 2. The first kappa shape index (κ1) is 19.8. The fourth-order valence-electron chi connectivity index (χ4n) is 2.76. The Balaban J connectivity index is 2.68. The third-order valence-corrected chi connectivity index (χ3v) is 3.83. The minimum absolute atomic E-state index is 0.0744. The summed E-state index contributed by atoms with van der Waals surface area (Å²) >= 11 is 0. The van der Waals surface area contributed by atoms with E-state index in [1.165, 1.54) is 24.3 Å². The Hall–Kier alpha value is -3.56. The molecule has 0 aromatic heterocycles. The summed E-state index contributed by atoms with van der Waals surface area (Å²) in [5.74, 6) is -2.82. The molecule has 1 aromatic rings. The summed E-state index contributed by atoms with van der Waals surface area (Å²) in [7, 11) is 0. The first-order chi connectivity index (χ1) is 12.8. The molecule has 5 N–H and O–H groups in total. The highest BCUT2D eigenvalue weighted by Gasteiger charge is 2.39. The van der Waals surface area contributed by atoms with Crippen LogP contribution in [0.25, 0.3) is 0 Å². The summed E-state index contributed by atoms with van der Waals surface area (Å²) in [5.41, 5.74) is 11.8. The number of carbonyl (C=O) groups excluding carboxylic acids is 2. The van der Waals surface area contributed by atoms with E-state index < -0.39 is 22.8 Å². The highest BCUT2D eigenvalue weighted by Crippen LogP contribution is 2.38. The van der Waals surface area contributed by atoms with Gasteiger partial charge in [0.15, 0.2) is 0 Å². The summed E-state index contributed by atoms with van der Waals surface area (Å²) in [6, 6.07) is 5.50. The number of nitro groups is 1. The van der Waals surface area contributed by atoms with Crippen LogP contribution >= 0.6 is 0 Å². The number of nitrogens with one attached hydrogen (secondary N) is 1. The number of esters is 2. The first-order valence-electron chi connectivity index (χ1n) is 8.16. The Morgan fingerprint density at radius 1 is 1.11 bits per heavy atom. The average Bonchev–Trinajstić information content (AvgIpc) is 2.61. The Morgan fingerprint density at radius 3 is 2.07 bits per heavy atom. The van der Waals surface area contributed by atoms with E-state index in [2.05, 4.69) is 5.32 Å². The molecule has 0 aliphatic carbocycles. The van der Waals surface area contributed by atoms with Gasteiger partial charge in [0, 0.05) is 12.1 Å². The summed E-state index contributed by atoms with van der Waals surface area (Å²) in [6.07, 6.45) is 0. The molecular weight excluding hydrogens is 356 g/mol. The number of nitrogens with zero attached hydrogens (tertiary/aromatic N) is 1. The van der Waals surface area contributed by atoms with Crippen molar-refractivity contribution in [1.29, 1.82) is 0 Å². The Bertz CT molecular complexity index is 806. The minimum atomic E-state index is -1.08. The maximum absolute atomic E-state index is 12.5. The van der Waals surface area contributed by atoms with Crippen molar-refractivity contribution in [1.82, 2.24) is 5.32 Å². The first-order valence-corrected chi connectivity index (χ1v) is 8.16. The van der Waals surface area contributed by atoms with Crippen molar-refractivity contribution in [3.8, 4) is 0 Å². The van der Waals surface area contributed by atoms with Crippen LogP contribution in [-0.2, 0) is 19.1 Å². The van der Waals surface area contributed by atoms with Gasteiger partial charge in [0.05, 0.1) is 35.2 Å². The van der Waals surface area contributed by atoms with Crippen molar-refractivity contribution in [3.63, 3.8) is 0 Å². The lowest BCUT2D eigenvalue weighted by Gasteiger charge is -2.29. The number of hydrogen-bond acceptors (Lipinski definition) is 9. The Kier molecular flexibility index (Phi) is 6.01. The molecule has 10 nitrogen and oxygen atoms in total. The second-order valence-electron chi connectivity index (χ2n) is 5.51. The monoisotopic (exact) mass is 376 g/mol. The van der Waals surface area contributed by atoms with Crippen molar-refractivity contribution in [3.05, 3.63) is 62.7 Å². The Morgan fingerprint density at radius 2 is 1.63 bits per heavy atom. The zero-order valence-corrected chi connectivity index (χ0v) is 14.9. The van der Waals surface area contributed by atoms with Crippen LogP contribution in [0.3, 0.4) is 0 Å². The molecule has 0 saturated carbocycles. The molecule has 0 saturated heterocycles. The van der Waals surface area contributed by atoms with Gasteiger partial charge in [0.2, 0.25) is 0 Å². The molecule has 1 aliphatic rings. The number of carbonyl (C=O) groups is 2. The zero-order valence-electron chi connectivity index (χ0n) is 14.9.